The fourth-order valence-corrected chi connectivity index (χ4v) is 2.87. The second kappa shape index (κ2) is 6.69. The second-order valence-corrected chi connectivity index (χ2v) is 6.70. The Balaban J connectivity index is 1.91. The monoisotopic (exact) mass is 419 g/mol. The number of halogens is 1. The van der Waals surface area contributed by atoms with Crippen molar-refractivity contribution in [3.8, 4) is 0 Å². The van der Waals surface area contributed by atoms with Crippen LogP contribution >= 0.6 is 34.4 Å². The van der Waals surface area contributed by atoms with Gasteiger partial charge in [-0.3, -0.25) is 0 Å². The molecule has 0 unspecified atom stereocenters. The SMILES string of the molecule is CC1(C)OC(=O)C(=CSCNc2ccccc2I)C(=O)O1. The van der Waals surface area contributed by atoms with Gasteiger partial charge in [-0.1, -0.05) is 12.1 Å². The number of carbonyl (C=O) groups excluding carboxylic acids is 2. The molecule has 1 saturated heterocycles. The van der Waals surface area contributed by atoms with Crippen LogP contribution in [-0.4, -0.2) is 23.6 Å². The summed E-state index contributed by atoms with van der Waals surface area (Å²) in [6.45, 7) is 3.04. The molecule has 0 radical (unpaired) electrons. The number of rotatable bonds is 4. The van der Waals surface area contributed by atoms with Gasteiger partial charge in [0.15, 0.2) is 5.57 Å². The predicted octanol–water partition coefficient (Wildman–Crippen LogP) is 3.11. The number of benzene rings is 1. The molecule has 1 aliphatic rings. The Morgan fingerprint density at radius 3 is 2.48 bits per heavy atom. The quantitative estimate of drug-likeness (QED) is 0.202. The van der Waals surface area contributed by atoms with E-state index in [1.165, 1.54) is 31.0 Å². The third-order valence-corrected chi connectivity index (χ3v) is 4.19. The maximum Gasteiger partial charge on any atom is 0.349 e. The number of esters is 2. The minimum atomic E-state index is -1.20. The van der Waals surface area contributed by atoms with Crippen molar-refractivity contribution in [3.63, 3.8) is 0 Å². The highest BCUT2D eigenvalue weighted by Crippen LogP contribution is 2.24. The molecule has 0 aliphatic carbocycles. The van der Waals surface area contributed by atoms with Crippen molar-refractivity contribution in [2.24, 2.45) is 0 Å². The molecule has 0 aromatic heterocycles. The molecule has 21 heavy (non-hydrogen) atoms. The van der Waals surface area contributed by atoms with Crippen LogP contribution in [0.25, 0.3) is 0 Å². The van der Waals surface area contributed by atoms with Crippen molar-refractivity contribution in [1.29, 1.82) is 0 Å². The summed E-state index contributed by atoms with van der Waals surface area (Å²) in [7, 11) is 0. The Morgan fingerprint density at radius 1 is 1.24 bits per heavy atom. The average molecular weight is 419 g/mol. The van der Waals surface area contributed by atoms with Crippen LogP contribution in [0.2, 0.25) is 0 Å². The third kappa shape index (κ3) is 4.37. The maximum absolute atomic E-state index is 11.7. The lowest BCUT2D eigenvalue weighted by Crippen LogP contribution is -2.41. The minimum absolute atomic E-state index is 0.0797. The van der Waals surface area contributed by atoms with Crippen LogP contribution in [0.4, 0.5) is 5.69 Å². The molecule has 1 aliphatic heterocycles. The van der Waals surface area contributed by atoms with Crippen LogP contribution in [0.1, 0.15) is 13.8 Å². The summed E-state index contributed by atoms with van der Waals surface area (Å²) >= 11 is 3.52. The molecule has 1 heterocycles. The molecule has 112 valence electrons. The number of cyclic esters (lactones) is 2. The number of anilines is 1. The predicted molar refractivity (Wildman–Crippen MR) is 89.6 cm³/mol. The molecule has 0 bridgehead atoms. The summed E-state index contributed by atoms with van der Waals surface area (Å²) in [4.78, 5) is 23.4. The zero-order chi connectivity index (χ0) is 15.5. The lowest BCUT2D eigenvalue weighted by molar-refractivity contribution is -0.222. The highest BCUT2D eigenvalue weighted by atomic mass is 127. The summed E-state index contributed by atoms with van der Waals surface area (Å²) in [5.41, 5.74) is 0.919. The van der Waals surface area contributed by atoms with Crippen molar-refractivity contribution in [2.45, 2.75) is 19.6 Å². The molecular weight excluding hydrogens is 405 g/mol. The van der Waals surface area contributed by atoms with Gasteiger partial charge in [-0.15, -0.1) is 11.8 Å². The van der Waals surface area contributed by atoms with E-state index in [2.05, 4.69) is 27.9 Å². The van der Waals surface area contributed by atoms with Crippen molar-refractivity contribution in [3.05, 3.63) is 38.8 Å². The summed E-state index contributed by atoms with van der Waals surface area (Å²) < 4.78 is 11.1. The zero-order valence-corrected chi connectivity index (χ0v) is 14.5. The molecule has 1 aromatic carbocycles. The van der Waals surface area contributed by atoms with Gasteiger partial charge in [0.05, 0.1) is 5.88 Å². The van der Waals surface area contributed by atoms with E-state index < -0.39 is 17.7 Å². The summed E-state index contributed by atoms with van der Waals surface area (Å²) in [6.07, 6.45) is 0. The van der Waals surface area contributed by atoms with Gasteiger partial charge < -0.3 is 14.8 Å². The van der Waals surface area contributed by atoms with E-state index in [4.69, 9.17) is 9.47 Å². The first-order valence-corrected chi connectivity index (χ1v) is 8.29. The molecule has 1 N–H and O–H groups in total. The van der Waals surface area contributed by atoms with Crippen LogP contribution in [0.3, 0.4) is 0 Å². The molecule has 0 amide bonds. The van der Waals surface area contributed by atoms with Gasteiger partial charge in [-0.05, 0) is 40.1 Å². The Morgan fingerprint density at radius 2 is 1.86 bits per heavy atom. The number of nitrogens with one attached hydrogen (secondary N) is 1. The van der Waals surface area contributed by atoms with Gasteiger partial charge in [0.2, 0.25) is 0 Å². The van der Waals surface area contributed by atoms with Gasteiger partial charge in [-0.2, -0.15) is 0 Å². The smallest absolute Gasteiger partial charge is 0.349 e. The molecule has 0 spiro atoms. The van der Waals surface area contributed by atoms with Crippen LogP contribution in [0, 0.1) is 3.57 Å². The van der Waals surface area contributed by atoms with E-state index in [9.17, 15) is 9.59 Å². The number of para-hydroxylation sites is 1. The number of carbonyl (C=O) groups is 2. The summed E-state index contributed by atoms with van der Waals surface area (Å²) in [5, 5.41) is 4.67. The van der Waals surface area contributed by atoms with E-state index in [-0.39, 0.29) is 5.57 Å². The van der Waals surface area contributed by atoms with E-state index in [0.29, 0.717) is 5.88 Å². The van der Waals surface area contributed by atoms with Crippen LogP contribution in [0.5, 0.6) is 0 Å². The first-order chi connectivity index (χ1) is 9.89. The number of hydrogen-bond acceptors (Lipinski definition) is 6. The standard InChI is InChI=1S/C14H14INO4S/c1-14(2)19-12(17)9(13(18)20-14)7-21-8-16-11-6-4-3-5-10(11)15/h3-7,16H,8H2,1-2H3. The lowest BCUT2D eigenvalue weighted by Gasteiger charge is -2.29. The third-order valence-electron chi connectivity index (χ3n) is 2.54. The fraction of sp³-hybridized carbons (Fsp3) is 0.286. The molecule has 2 rings (SSSR count). The highest BCUT2D eigenvalue weighted by molar-refractivity contribution is 14.1. The second-order valence-electron chi connectivity index (χ2n) is 4.68. The Labute approximate surface area is 140 Å². The number of thioether (sulfide) groups is 1. The van der Waals surface area contributed by atoms with E-state index in [0.717, 1.165) is 9.26 Å². The van der Waals surface area contributed by atoms with E-state index >= 15 is 0 Å². The topological polar surface area (TPSA) is 64.6 Å². The van der Waals surface area contributed by atoms with Crippen molar-refractivity contribution < 1.29 is 19.1 Å². The van der Waals surface area contributed by atoms with Gasteiger partial charge in [0.25, 0.3) is 5.79 Å². The van der Waals surface area contributed by atoms with Gasteiger partial charge in [0, 0.05) is 23.1 Å². The molecule has 0 saturated carbocycles. The van der Waals surface area contributed by atoms with Crippen LogP contribution in [-0.2, 0) is 19.1 Å². The van der Waals surface area contributed by atoms with Crippen LogP contribution in [0.15, 0.2) is 35.2 Å². The van der Waals surface area contributed by atoms with Gasteiger partial charge >= 0.3 is 11.9 Å². The van der Waals surface area contributed by atoms with Crippen molar-refractivity contribution >= 4 is 52.0 Å². The van der Waals surface area contributed by atoms with Gasteiger partial charge in [0.1, 0.15) is 0 Å². The zero-order valence-electron chi connectivity index (χ0n) is 11.5. The first kappa shape index (κ1) is 16.2. The Bertz CT molecular complexity index is 578. The molecule has 1 fully saturated rings. The minimum Gasteiger partial charge on any atom is -0.419 e. The lowest BCUT2D eigenvalue weighted by atomic mass is 10.2. The summed E-state index contributed by atoms with van der Waals surface area (Å²) in [6, 6.07) is 7.84. The van der Waals surface area contributed by atoms with E-state index in [1.807, 2.05) is 24.3 Å². The average Bonchev–Trinajstić information content (AvgIpc) is 2.37. The van der Waals surface area contributed by atoms with Crippen molar-refractivity contribution in [1.82, 2.24) is 0 Å². The number of hydrogen-bond donors (Lipinski definition) is 1. The maximum atomic E-state index is 11.7. The van der Waals surface area contributed by atoms with Gasteiger partial charge in [-0.25, -0.2) is 9.59 Å². The Kier molecular flexibility index (Phi) is 5.15. The molecule has 1 aromatic rings. The highest BCUT2D eigenvalue weighted by Gasteiger charge is 2.38. The van der Waals surface area contributed by atoms with E-state index in [1.54, 1.807) is 0 Å². The summed E-state index contributed by atoms with van der Waals surface area (Å²) in [5.74, 6) is -1.99. The molecular formula is C14H14INO4S. The largest absolute Gasteiger partial charge is 0.419 e. The molecule has 5 nitrogen and oxygen atoms in total. The van der Waals surface area contributed by atoms with Crippen LogP contribution < -0.4 is 5.32 Å². The first-order valence-electron chi connectivity index (χ1n) is 6.16. The Hall–Kier alpha value is -1.22. The molecule has 0 atom stereocenters. The molecule has 7 heteroatoms. The number of ether oxygens (including phenoxy) is 2. The fourth-order valence-electron chi connectivity index (χ4n) is 1.61. The van der Waals surface area contributed by atoms with Crippen molar-refractivity contribution in [2.75, 3.05) is 11.2 Å². The normalized spacial score (nSPS) is 17.0.